The van der Waals surface area contributed by atoms with Crippen LogP contribution in [0.3, 0.4) is 0 Å². The van der Waals surface area contributed by atoms with E-state index in [0.717, 1.165) is 56.3 Å². The van der Waals surface area contributed by atoms with Gasteiger partial charge in [-0.3, -0.25) is 0 Å². The van der Waals surface area contributed by atoms with Crippen LogP contribution < -0.4 is 4.74 Å². The van der Waals surface area contributed by atoms with Crippen molar-refractivity contribution in [1.82, 2.24) is 0 Å². The molecule has 0 aromatic heterocycles. The quantitative estimate of drug-likeness (QED) is 0.861. The summed E-state index contributed by atoms with van der Waals surface area (Å²) in [5, 5.41) is 20.0. The maximum absolute atomic E-state index is 10.0. The molecule has 19 heavy (non-hydrogen) atoms. The second-order valence-electron chi connectivity index (χ2n) is 5.78. The zero-order valence-electron chi connectivity index (χ0n) is 11.2. The zero-order valence-corrected chi connectivity index (χ0v) is 11.2. The average Bonchev–Trinajstić information content (AvgIpc) is 2.42. The Bertz CT molecular complexity index is 444. The van der Waals surface area contributed by atoms with Crippen molar-refractivity contribution in [2.45, 2.75) is 63.3 Å². The van der Waals surface area contributed by atoms with Crippen LogP contribution in [0, 0.1) is 0 Å². The van der Waals surface area contributed by atoms with Crippen LogP contribution in [-0.4, -0.2) is 22.4 Å². The van der Waals surface area contributed by atoms with E-state index in [1.54, 1.807) is 0 Å². The average molecular weight is 262 g/mol. The first kappa shape index (κ1) is 12.9. The van der Waals surface area contributed by atoms with Gasteiger partial charge in [0.25, 0.3) is 0 Å². The van der Waals surface area contributed by atoms with Gasteiger partial charge in [0.15, 0.2) is 0 Å². The molecule has 3 rings (SSSR count). The summed E-state index contributed by atoms with van der Waals surface area (Å²) in [5.74, 6) is 0.783. The van der Waals surface area contributed by atoms with Crippen molar-refractivity contribution >= 4 is 0 Å². The fourth-order valence-corrected chi connectivity index (χ4v) is 3.22. The minimum atomic E-state index is -0.358. The Labute approximate surface area is 114 Å². The first-order chi connectivity index (χ1) is 9.24. The number of hydrogen-bond acceptors (Lipinski definition) is 3. The number of aliphatic hydroxyl groups is 2. The molecule has 2 N–H and O–H groups in total. The highest BCUT2D eigenvalue weighted by atomic mass is 16.5. The summed E-state index contributed by atoms with van der Waals surface area (Å²) in [7, 11) is 0. The van der Waals surface area contributed by atoms with Crippen molar-refractivity contribution in [2.24, 2.45) is 0 Å². The lowest BCUT2D eigenvalue weighted by Gasteiger charge is -2.29. The molecule has 2 unspecified atom stereocenters. The largest absolute Gasteiger partial charge is 0.488 e. The van der Waals surface area contributed by atoms with Gasteiger partial charge >= 0.3 is 0 Å². The third kappa shape index (κ3) is 2.77. The number of ether oxygens (including phenoxy) is 1. The highest BCUT2D eigenvalue weighted by Gasteiger charge is 2.25. The second-order valence-corrected chi connectivity index (χ2v) is 5.78. The summed E-state index contributed by atoms with van der Waals surface area (Å²) in [6, 6.07) is 5.99. The molecular weight excluding hydrogens is 240 g/mol. The van der Waals surface area contributed by atoms with Gasteiger partial charge in [-0.25, -0.2) is 0 Å². The molecule has 3 heteroatoms. The van der Waals surface area contributed by atoms with Crippen LogP contribution >= 0.6 is 0 Å². The van der Waals surface area contributed by atoms with Gasteiger partial charge < -0.3 is 14.9 Å². The monoisotopic (exact) mass is 262 g/mol. The summed E-state index contributed by atoms with van der Waals surface area (Å²) in [6.45, 7) is 0. The molecule has 104 valence electrons. The molecule has 3 nitrogen and oxygen atoms in total. The number of rotatable bonds is 2. The van der Waals surface area contributed by atoms with Crippen LogP contribution in [0.2, 0.25) is 0 Å². The molecule has 0 spiro atoms. The van der Waals surface area contributed by atoms with Crippen molar-refractivity contribution in [3.05, 3.63) is 29.3 Å². The van der Waals surface area contributed by atoms with E-state index in [2.05, 4.69) is 6.07 Å². The molecule has 1 aromatic carbocycles. The Morgan fingerprint density at radius 2 is 1.84 bits per heavy atom. The van der Waals surface area contributed by atoms with Crippen LogP contribution in [0.15, 0.2) is 18.2 Å². The smallest absolute Gasteiger partial charge is 0.124 e. The van der Waals surface area contributed by atoms with Crippen molar-refractivity contribution in [3.8, 4) is 5.75 Å². The number of aliphatic hydroxyl groups excluding tert-OH is 2. The van der Waals surface area contributed by atoms with Crippen LogP contribution in [0.25, 0.3) is 0 Å². The van der Waals surface area contributed by atoms with Gasteiger partial charge in [0.2, 0.25) is 0 Å². The van der Waals surface area contributed by atoms with Gasteiger partial charge in [-0.15, -0.1) is 0 Å². The van der Waals surface area contributed by atoms with Gasteiger partial charge in [0.1, 0.15) is 11.9 Å². The third-order valence-electron chi connectivity index (χ3n) is 4.36. The molecule has 3 atom stereocenters. The topological polar surface area (TPSA) is 49.7 Å². The Morgan fingerprint density at radius 1 is 1.00 bits per heavy atom. The lowest BCUT2D eigenvalue weighted by molar-refractivity contribution is 0.00669. The predicted octanol–water partition coefficient (Wildman–Crippen LogP) is 2.74. The van der Waals surface area contributed by atoms with Crippen LogP contribution in [-0.2, 0) is 6.42 Å². The van der Waals surface area contributed by atoms with Gasteiger partial charge in [0.05, 0.1) is 12.2 Å². The van der Waals surface area contributed by atoms with Crippen molar-refractivity contribution in [2.75, 3.05) is 0 Å². The third-order valence-corrected chi connectivity index (χ3v) is 4.36. The molecule has 0 bridgehead atoms. The highest BCUT2D eigenvalue weighted by molar-refractivity contribution is 5.38. The van der Waals surface area contributed by atoms with Gasteiger partial charge in [-0.1, -0.05) is 12.5 Å². The molecule has 1 saturated carbocycles. The van der Waals surface area contributed by atoms with E-state index >= 15 is 0 Å². The zero-order chi connectivity index (χ0) is 13.2. The molecule has 0 aliphatic heterocycles. The second kappa shape index (κ2) is 5.51. The summed E-state index contributed by atoms with van der Waals surface area (Å²) in [5.41, 5.74) is 2.24. The molecule has 1 aromatic rings. The van der Waals surface area contributed by atoms with E-state index < -0.39 is 0 Å². The minimum absolute atomic E-state index is 0.0902. The van der Waals surface area contributed by atoms with Crippen LogP contribution in [0.5, 0.6) is 5.75 Å². The first-order valence-electron chi connectivity index (χ1n) is 7.39. The van der Waals surface area contributed by atoms with E-state index in [1.807, 2.05) is 12.1 Å². The van der Waals surface area contributed by atoms with Crippen LogP contribution in [0.4, 0.5) is 0 Å². The summed E-state index contributed by atoms with van der Waals surface area (Å²) >= 11 is 0. The predicted molar refractivity (Wildman–Crippen MR) is 73.2 cm³/mol. The number of benzene rings is 1. The summed E-state index contributed by atoms with van der Waals surface area (Å²) < 4.78 is 5.92. The minimum Gasteiger partial charge on any atom is -0.488 e. The van der Waals surface area contributed by atoms with E-state index in [0.29, 0.717) is 0 Å². The lowest BCUT2D eigenvalue weighted by Crippen LogP contribution is -2.34. The van der Waals surface area contributed by atoms with E-state index in [4.69, 9.17) is 4.74 Å². The van der Waals surface area contributed by atoms with Crippen molar-refractivity contribution in [3.63, 3.8) is 0 Å². The van der Waals surface area contributed by atoms with Crippen molar-refractivity contribution < 1.29 is 14.9 Å². The maximum atomic E-state index is 10.0. The lowest BCUT2D eigenvalue weighted by atomic mass is 9.89. The Kier molecular flexibility index (Phi) is 3.76. The summed E-state index contributed by atoms with van der Waals surface area (Å²) in [6.07, 6.45) is 6.08. The van der Waals surface area contributed by atoms with E-state index in [9.17, 15) is 10.2 Å². The van der Waals surface area contributed by atoms with E-state index in [1.165, 1.54) is 5.56 Å². The molecule has 0 saturated heterocycles. The summed E-state index contributed by atoms with van der Waals surface area (Å²) in [4.78, 5) is 0. The molecule has 1 fully saturated rings. The first-order valence-corrected chi connectivity index (χ1v) is 7.39. The van der Waals surface area contributed by atoms with Crippen molar-refractivity contribution in [1.29, 1.82) is 0 Å². The number of fused-ring (bicyclic) bond motifs is 1. The number of hydrogen-bond donors (Lipinski definition) is 2. The molecule has 0 heterocycles. The Morgan fingerprint density at radius 3 is 2.68 bits per heavy atom. The van der Waals surface area contributed by atoms with Crippen LogP contribution in [0.1, 0.15) is 55.8 Å². The standard InChI is InChI=1S/C16H22O3/c17-14-6-3-4-11-8-9-12(10-13(11)14)19-16-7-2-1-5-15(16)18/h8-10,14-18H,1-7H2/t14-,15?,16?/m1/s1. The molecule has 0 radical (unpaired) electrons. The maximum Gasteiger partial charge on any atom is 0.124 e. The SMILES string of the molecule is OC1CCCCC1Oc1ccc2c(c1)[C@H](O)CCC2. The van der Waals surface area contributed by atoms with Gasteiger partial charge in [0, 0.05) is 0 Å². The molecular formula is C16H22O3. The van der Waals surface area contributed by atoms with E-state index in [-0.39, 0.29) is 18.3 Å². The molecule has 2 aliphatic rings. The molecule has 2 aliphatic carbocycles. The van der Waals surface area contributed by atoms with Gasteiger partial charge in [-0.2, -0.15) is 0 Å². The number of aryl methyl sites for hydroxylation is 1. The fraction of sp³-hybridized carbons (Fsp3) is 0.625. The van der Waals surface area contributed by atoms with Gasteiger partial charge in [-0.05, 0) is 61.8 Å². The highest BCUT2D eigenvalue weighted by Crippen LogP contribution is 2.33. The Hall–Kier alpha value is -1.06. The Balaban J connectivity index is 1.76. The normalized spacial score (nSPS) is 30.7. The molecule has 0 amide bonds. The fourth-order valence-electron chi connectivity index (χ4n) is 3.22.